The average molecular weight is 348 g/mol. The maximum absolute atomic E-state index is 11.8. The SMILES string of the molecule is CCNC(=O)c1ccc(NCc2cccc(Br)n2)c(C)c1. The van der Waals surface area contributed by atoms with E-state index in [9.17, 15) is 4.79 Å². The molecule has 0 fully saturated rings. The zero-order valence-electron chi connectivity index (χ0n) is 12.1. The predicted octanol–water partition coefficient (Wildman–Crippen LogP) is 3.51. The van der Waals surface area contributed by atoms with Gasteiger partial charge in [0.25, 0.3) is 5.91 Å². The zero-order valence-corrected chi connectivity index (χ0v) is 13.7. The molecule has 0 spiro atoms. The van der Waals surface area contributed by atoms with Crippen molar-refractivity contribution in [3.05, 3.63) is 57.8 Å². The van der Waals surface area contributed by atoms with E-state index >= 15 is 0 Å². The van der Waals surface area contributed by atoms with Gasteiger partial charge in [0.2, 0.25) is 0 Å². The molecule has 0 aliphatic heterocycles. The summed E-state index contributed by atoms with van der Waals surface area (Å²) >= 11 is 3.36. The van der Waals surface area contributed by atoms with E-state index in [2.05, 4.69) is 31.5 Å². The fraction of sp³-hybridized carbons (Fsp3) is 0.250. The Balaban J connectivity index is 2.06. The van der Waals surface area contributed by atoms with Gasteiger partial charge in [-0.1, -0.05) is 6.07 Å². The van der Waals surface area contributed by atoms with Crippen LogP contribution in [0.25, 0.3) is 0 Å². The highest BCUT2D eigenvalue weighted by Gasteiger charge is 2.06. The molecule has 1 aromatic heterocycles. The summed E-state index contributed by atoms with van der Waals surface area (Å²) in [5.74, 6) is -0.0409. The van der Waals surface area contributed by atoms with E-state index in [0.29, 0.717) is 18.7 Å². The Morgan fingerprint density at radius 2 is 2.10 bits per heavy atom. The Kier molecular flexibility index (Phi) is 5.33. The highest BCUT2D eigenvalue weighted by atomic mass is 79.9. The molecule has 0 radical (unpaired) electrons. The lowest BCUT2D eigenvalue weighted by Crippen LogP contribution is -2.22. The van der Waals surface area contributed by atoms with Crippen molar-refractivity contribution < 1.29 is 4.79 Å². The van der Waals surface area contributed by atoms with Crippen LogP contribution in [-0.2, 0) is 6.54 Å². The lowest BCUT2D eigenvalue weighted by atomic mass is 10.1. The van der Waals surface area contributed by atoms with Crippen LogP contribution >= 0.6 is 15.9 Å². The number of halogens is 1. The second-order valence-electron chi connectivity index (χ2n) is 4.69. The summed E-state index contributed by atoms with van der Waals surface area (Å²) in [5.41, 5.74) is 3.68. The first-order valence-corrected chi connectivity index (χ1v) is 7.63. The van der Waals surface area contributed by atoms with E-state index < -0.39 is 0 Å². The maximum Gasteiger partial charge on any atom is 0.251 e. The summed E-state index contributed by atoms with van der Waals surface area (Å²) in [6, 6.07) is 11.5. The summed E-state index contributed by atoms with van der Waals surface area (Å²) in [6.07, 6.45) is 0. The second kappa shape index (κ2) is 7.22. The van der Waals surface area contributed by atoms with Gasteiger partial charge in [-0.3, -0.25) is 4.79 Å². The number of rotatable bonds is 5. The number of nitrogens with one attached hydrogen (secondary N) is 2. The number of amides is 1. The molecule has 1 heterocycles. The monoisotopic (exact) mass is 347 g/mol. The third kappa shape index (κ3) is 4.29. The molecule has 2 N–H and O–H groups in total. The molecule has 110 valence electrons. The standard InChI is InChI=1S/C16H18BrN3O/c1-3-18-16(21)12-7-8-14(11(2)9-12)19-10-13-5-4-6-15(17)20-13/h4-9,19H,3,10H2,1-2H3,(H,18,21). The summed E-state index contributed by atoms with van der Waals surface area (Å²) in [5, 5.41) is 6.14. The molecular weight excluding hydrogens is 330 g/mol. The molecule has 5 heteroatoms. The normalized spacial score (nSPS) is 10.2. The quantitative estimate of drug-likeness (QED) is 0.813. The Labute approximate surface area is 133 Å². The minimum absolute atomic E-state index is 0.0409. The topological polar surface area (TPSA) is 54.0 Å². The number of hydrogen-bond donors (Lipinski definition) is 2. The van der Waals surface area contributed by atoms with Crippen molar-refractivity contribution in [1.29, 1.82) is 0 Å². The van der Waals surface area contributed by atoms with Crippen molar-refractivity contribution in [1.82, 2.24) is 10.3 Å². The molecule has 0 aliphatic rings. The van der Waals surface area contributed by atoms with Gasteiger partial charge in [-0.25, -0.2) is 4.98 Å². The second-order valence-corrected chi connectivity index (χ2v) is 5.51. The minimum atomic E-state index is -0.0409. The summed E-state index contributed by atoms with van der Waals surface area (Å²) in [4.78, 5) is 16.2. The fourth-order valence-corrected chi connectivity index (χ4v) is 2.38. The molecule has 1 amide bonds. The van der Waals surface area contributed by atoms with Gasteiger partial charge in [-0.2, -0.15) is 0 Å². The smallest absolute Gasteiger partial charge is 0.251 e. The van der Waals surface area contributed by atoms with Gasteiger partial charge in [0.1, 0.15) is 4.60 Å². The number of benzene rings is 1. The summed E-state index contributed by atoms with van der Waals surface area (Å²) in [6.45, 7) is 5.16. The highest BCUT2D eigenvalue weighted by molar-refractivity contribution is 9.10. The Morgan fingerprint density at radius 1 is 1.29 bits per heavy atom. The Bertz CT molecular complexity index is 643. The predicted molar refractivity (Wildman–Crippen MR) is 88.4 cm³/mol. The van der Waals surface area contributed by atoms with E-state index in [1.165, 1.54) is 0 Å². The highest BCUT2D eigenvalue weighted by Crippen LogP contribution is 2.17. The van der Waals surface area contributed by atoms with Crippen molar-refractivity contribution in [2.45, 2.75) is 20.4 Å². The van der Waals surface area contributed by atoms with Crippen LogP contribution in [0, 0.1) is 6.92 Å². The molecule has 0 saturated heterocycles. The molecule has 0 unspecified atom stereocenters. The van der Waals surface area contributed by atoms with Crippen LogP contribution < -0.4 is 10.6 Å². The van der Waals surface area contributed by atoms with E-state index in [1.807, 2.05) is 50.2 Å². The first kappa shape index (κ1) is 15.5. The van der Waals surface area contributed by atoms with E-state index in [-0.39, 0.29) is 5.91 Å². The van der Waals surface area contributed by atoms with Gasteiger partial charge >= 0.3 is 0 Å². The Hall–Kier alpha value is -1.88. The van der Waals surface area contributed by atoms with Crippen LogP contribution in [0.4, 0.5) is 5.69 Å². The number of carbonyl (C=O) groups excluding carboxylic acids is 1. The average Bonchev–Trinajstić information content (AvgIpc) is 2.46. The Morgan fingerprint density at radius 3 is 2.76 bits per heavy atom. The van der Waals surface area contributed by atoms with Crippen LogP contribution in [-0.4, -0.2) is 17.4 Å². The molecule has 0 aliphatic carbocycles. The lowest BCUT2D eigenvalue weighted by Gasteiger charge is -2.11. The molecule has 2 rings (SSSR count). The van der Waals surface area contributed by atoms with Gasteiger partial charge < -0.3 is 10.6 Å². The van der Waals surface area contributed by atoms with Gasteiger partial charge in [-0.15, -0.1) is 0 Å². The van der Waals surface area contributed by atoms with Gasteiger partial charge in [0.15, 0.2) is 0 Å². The number of nitrogens with zero attached hydrogens (tertiary/aromatic N) is 1. The fourth-order valence-electron chi connectivity index (χ4n) is 2.00. The molecule has 0 atom stereocenters. The van der Waals surface area contributed by atoms with E-state index in [1.54, 1.807) is 0 Å². The van der Waals surface area contributed by atoms with Crippen LogP contribution in [0.15, 0.2) is 41.0 Å². The van der Waals surface area contributed by atoms with Crippen LogP contribution in [0.5, 0.6) is 0 Å². The van der Waals surface area contributed by atoms with Gasteiger partial charge in [-0.05, 0) is 65.7 Å². The molecular formula is C16H18BrN3O. The number of hydrogen-bond acceptors (Lipinski definition) is 3. The molecule has 1 aromatic carbocycles. The van der Waals surface area contributed by atoms with Crippen molar-refractivity contribution in [2.24, 2.45) is 0 Å². The van der Waals surface area contributed by atoms with Crippen molar-refractivity contribution in [3.8, 4) is 0 Å². The first-order valence-electron chi connectivity index (χ1n) is 6.84. The number of anilines is 1. The molecule has 4 nitrogen and oxygen atoms in total. The van der Waals surface area contributed by atoms with Crippen LogP contribution in [0.3, 0.4) is 0 Å². The van der Waals surface area contributed by atoms with Crippen molar-refractivity contribution in [2.75, 3.05) is 11.9 Å². The molecule has 21 heavy (non-hydrogen) atoms. The third-order valence-electron chi connectivity index (χ3n) is 3.06. The number of pyridine rings is 1. The largest absolute Gasteiger partial charge is 0.379 e. The lowest BCUT2D eigenvalue weighted by molar-refractivity contribution is 0.0956. The number of aryl methyl sites for hydroxylation is 1. The number of aromatic nitrogens is 1. The molecule has 2 aromatic rings. The van der Waals surface area contributed by atoms with Crippen molar-refractivity contribution >= 4 is 27.5 Å². The van der Waals surface area contributed by atoms with Gasteiger partial charge in [0, 0.05) is 17.8 Å². The molecule has 0 bridgehead atoms. The van der Waals surface area contributed by atoms with E-state index in [0.717, 1.165) is 21.5 Å². The minimum Gasteiger partial charge on any atom is -0.379 e. The van der Waals surface area contributed by atoms with Gasteiger partial charge in [0.05, 0.1) is 12.2 Å². The molecule has 0 saturated carbocycles. The summed E-state index contributed by atoms with van der Waals surface area (Å²) in [7, 11) is 0. The number of carbonyl (C=O) groups is 1. The summed E-state index contributed by atoms with van der Waals surface area (Å²) < 4.78 is 0.824. The van der Waals surface area contributed by atoms with Crippen LogP contribution in [0.1, 0.15) is 28.5 Å². The first-order chi connectivity index (χ1) is 10.1. The third-order valence-corrected chi connectivity index (χ3v) is 3.50. The van der Waals surface area contributed by atoms with E-state index in [4.69, 9.17) is 0 Å². The van der Waals surface area contributed by atoms with Crippen molar-refractivity contribution in [3.63, 3.8) is 0 Å². The zero-order chi connectivity index (χ0) is 15.2. The van der Waals surface area contributed by atoms with Crippen LogP contribution in [0.2, 0.25) is 0 Å². The maximum atomic E-state index is 11.8.